The number of likely N-dealkylation sites (tertiary alicyclic amines) is 1. The van der Waals surface area contributed by atoms with Crippen LogP contribution >= 0.6 is 0 Å². The Morgan fingerprint density at radius 3 is 2.46 bits per heavy atom. The molecule has 0 spiro atoms. The predicted octanol–water partition coefficient (Wildman–Crippen LogP) is 1.75. The van der Waals surface area contributed by atoms with E-state index in [9.17, 15) is 9.59 Å². The zero-order chi connectivity index (χ0) is 20.5. The molecule has 1 aromatic heterocycles. The first-order valence-electron chi connectivity index (χ1n) is 10.0. The van der Waals surface area contributed by atoms with Crippen molar-refractivity contribution in [2.45, 2.75) is 51.3 Å². The Balaban J connectivity index is 1.69. The van der Waals surface area contributed by atoms with Crippen molar-refractivity contribution in [2.75, 3.05) is 33.8 Å². The summed E-state index contributed by atoms with van der Waals surface area (Å²) in [4.78, 5) is 28.1. The highest BCUT2D eigenvalue weighted by Crippen LogP contribution is 2.42. The lowest BCUT2D eigenvalue weighted by Crippen LogP contribution is -2.47. The van der Waals surface area contributed by atoms with Gasteiger partial charge in [0.1, 0.15) is 6.61 Å². The molecule has 28 heavy (non-hydrogen) atoms. The molecular formula is C20H33N5O3. The average Bonchev–Trinajstić information content (AvgIpc) is 3.26. The SMILES string of the molecule is CN(C)C(=O)CO[C@H]1C[C@@H]2CN(C(=O)NC(C)(C)C)C[C@@H]2C[C@@H]1n1cccn1. The molecule has 0 radical (unpaired) electrons. The van der Waals surface area contributed by atoms with Crippen LogP contribution < -0.4 is 5.32 Å². The van der Waals surface area contributed by atoms with Gasteiger partial charge in [-0.3, -0.25) is 9.48 Å². The number of ether oxygens (including phenoxy) is 1. The minimum Gasteiger partial charge on any atom is -0.366 e. The van der Waals surface area contributed by atoms with Gasteiger partial charge in [-0.1, -0.05) is 0 Å². The van der Waals surface area contributed by atoms with E-state index in [-0.39, 0.29) is 36.2 Å². The van der Waals surface area contributed by atoms with Crippen molar-refractivity contribution in [3.63, 3.8) is 0 Å². The van der Waals surface area contributed by atoms with Crippen molar-refractivity contribution in [3.8, 4) is 0 Å². The van der Waals surface area contributed by atoms with Gasteiger partial charge < -0.3 is 19.9 Å². The Labute approximate surface area is 167 Å². The number of aromatic nitrogens is 2. The van der Waals surface area contributed by atoms with Gasteiger partial charge in [0.25, 0.3) is 0 Å². The highest BCUT2D eigenvalue weighted by molar-refractivity contribution is 5.76. The first-order valence-corrected chi connectivity index (χ1v) is 10.0. The quantitative estimate of drug-likeness (QED) is 0.848. The summed E-state index contributed by atoms with van der Waals surface area (Å²) in [7, 11) is 3.46. The second-order valence-corrected chi connectivity index (χ2v) is 9.27. The number of amides is 3. The fraction of sp³-hybridized carbons (Fsp3) is 0.750. The van der Waals surface area contributed by atoms with E-state index in [4.69, 9.17) is 4.74 Å². The van der Waals surface area contributed by atoms with Crippen LogP contribution in [0, 0.1) is 11.8 Å². The summed E-state index contributed by atoms with van der Waals surface area (Å²) in [5, 5.41) is 7.48. The summed E-state index contributed by atoms with van der Waals surface area (Å²) >= 11 is 0. The molecule has 0 aromatic carbocycles. The third-order valence-corrected chi connectivity index (χ3v) is 5.64. The number of fused-ring (bicyclic) bond motifs is 1. The molecule has 1 aromatic rings. The van der Waals surface area contributed by atoms with Crippen molar-refractivity contribution in [3.05, 3.63) is 18.5 Å². The van der Waals surface area contributed by atoms with Crippen LogP contribution in [-0.2, 0) is 9.53 Å². The number of carbonyl (C=O) groups is 2. The van der Waals surface area contributed by atoms with E-state index in [2.05, 4.69) is 10.4 Å². The minimum absolute atomic E-state index is 0.00204. The highest BCUT2D eigenvalue weighted by Gasteiger charge is 2.45. The molecule has 2 fully saturated rings. The average molecular weight is 392 g/mol. The largest absolute Gasteiger partial charge is 0.366 e. The van der Waals surface area contributed by atoms with Gasteiger partial charge in [-0.15, -0.1) is 0 Å². The maximum Gasteiger partial charge on any atom is 0.317 e. The van der Waals surface area contributed by atoms with Gasteiger partial charge >= 0.3 is 6.03 Å². The number of hydrogen-bond acceptors (Lipinski definition) is 4. The van der Waals surface area contributed by atoms with Crippen LogP contribution in [0.5, 0.6) is 0 Å². The summed E-state index contributed by atoms with van der Waals surface area (Å²) in [6.07, 6.45) is 5.36. The van der Waals surface area contributed by atoms with Crippen LogP contribution in [0.3, 0.4) is 0 Å². The molecule has 3 rings (SSSR count). The molecule has 4 atom stereocenters. The van der Waals surface area contributed by atoms with Gasteiger partial charge in [0.2, 0.25) is 5.91 Å². The third-order valence-electron chi connectivity index (χ3n) is 5.64. The molecule has 2 aliphatic rings. The first kappa shape index (κ1) is 20.6. The second-order valence-electron chi connectivity index (χ2n) is 9.27. The lowest BCUT2D eigenvalue weighted by molar-refractivity contribution is -0.138. The van der Waals surface area contributed by atoms with Crippen LogP contribution in [0.2, 0.25) is 0 Å². The van der Waals surface area contributed by atoms with Gasteiger partial charge in [0.05, 0.1) is 12.1 Å². The summed E-state index contributed by atoms with van der Waals surface area (Å²) in [6, 6.07) is 1.99. The van der Waals surface area contributed by atoms with Gasteiger partial charge in [0.15, 0.2) is 0 Å². The number of likely N-dealkylation sites (N-methyl/N-ethyl adjacent to an activating group) is 1. The number of rotatable bonds is 4. The van der Waals surface area contributed by atoms with E-state index in [1.807, 2.05) is 42.6 Å². The standard InChI is InChI=1S/C20H33N5O3/c1-20(2,3)22-19(27)24-11-14-9-16(25-8-6-7-21-25)17(10-15(14)12-24)28-13-18(26)23(4)5/h6-8,14-17H,9-13H2,1-5H3,(H,22,27)/t14-,15+,16-,17-/m0/s1. The minimum atomic E-state index is -0.249. The zero-order valence-electron chi connectivity index (χ0n) is 17.6. The van der Waals surface area contributed by atoms with Crippen LogP contribution in [-0.4, -0.2) is 77.0 Å². The number of carbonyl (C=O) groups excluding carboxylic acids is 2. The first-order chi connectivity index (χ1) is 13.1. The summed E-state index contributed by atoms with van der Waals surface area (Å²) in [5.41, 5.74) is -0.249. The highest BCUT2D eigenvalue weighted by atomic mass is 16.5. The van der Waals surface area contributed by atoms with Gasteiger partial charge in [0, 0.05) is 45.1 Å². The smallest absolute Gasteiger partial charge is 0.317 e. The molecule has 1 saturated heterocycles. The topological polar surface area (TPSA) is 79.7 Å². The molecule has 0 bridgehead atoms. The Hall–Kier alpha value is -2.09. The van der Waals surface area contributed by atoms with Gasteiger partial charge in [-0.2, -0.15) is 5.10 Å². The van der Waals surface area contributed by atoms with Gasteiger partial charge in [-0.25, -0.2) is 4.79 Å². The van der Waals surface area contributed by atoms with Crippen LogP contribution in [0.25, 0.3) is 0 Å². The van der Waals surface area contributed by atoms with Crippen molar-refractivity contribution >= 4 is 11.9 Å². The Morgan fingerprint density at radius 2 is 1.89 bits per heavy atom. The molecule has 8 nitrogen and oxygen atoms in total. The van der Waals surface area contributed by atoms with E-state index < -0.39 is 0 Å². The number of hydrogen-bond donors (Lipinski definition) is 1. The molecule has 1 aliphatic carbocycles. The summed E-state index contributed by atoms with van der Waals surface area (Å²) < 4.78 is 8.00. The summed E-state index contributed by atoms with van der Waals surface area (Å²) in [5.74, 6) is 0.764. The number of nitrogens with zero attached hydrogens (tertiary/aromatic N) is 4. The van der Waals surface area contributed by atoms with E-state index in [0.717, 1.165) is 25.9 Å². The Bertz CT molecular complexity index is 683. The number of urea groups is 1. The lowest BCUT2D eigenvalue weighted by Gasteiger charge is -2.37. The van der Waals surface area contributed by atoms with Gasteiger partial charge in [-0.05, 0) is 51.5 Å². The van der Waals surface area contributed by atoms with Crippen LogP contribution in [0.4, 0.5) is 4.79 Å². The van der Waals surface area contributed by atoms with E-state index in [1.165, 1.54) is 0 Å². The normalized spacial score (nSPS) is 27.4. The number of nitrogens with one attached hydrogen (secondary N) is 1. The maximum absolute atomic E-state index is 12.6. The van der Waals surface area contributed by atoms with Crippen molar-refractivity contribution in [2.24, 2.45) is 11.8 Å². The zero-order valence-corrected chi connectivity index (χ0v) is 17.6. The van der Waals surface area contributed by atoms with E-state index in [1.54, 1.807) is 25.2 Å². The Kier molecular flexibility index (Phi) is 5.98. The molecule has 1 saturated carbocycles. The van der Waals surface area contributed by atoms with E-state index >= 15 is 0 Å². The molecule has 3 amide bonds. The fourth-order valence-electron chi connectivity index (χ4n) is 4.20. The van der Waals surface area contributed by atoms with Crippen LogP contribution in [0.1, 0.15) is 39.7 Å². The van der Waals surface area contributed by atoms with Crippen LogP contribution in [0.15, 0.2) is 18.5 Å². The van der Waals surface area contributed by atoms with E-state index in [0.29, 0.717) is 11.8 Å². The molecule has 1 aliphatic heterocycles. The molecule has 156 valence electrons. The van der Waals surface area contributed by atoms with Crippen molar-refractivity contribution < 1.29 is 14.3 Å². The summed E-state index contributed by atoms with van der Waals surface area (Å²) in [6.45, 7) is 7.54. The second kappa shape index (κ2) is 8.11. The third kappa shape index (κ3) is 4.84. The van der Waals surface area contributed by atoms with Crippen molar-refractivity contribution in [1.82, 2.24) is 24.9 Å². The lowest BCUT2D eigenvalue weighted by atomic mass is 9.77. The molecule has 0 unspecified atom stereocenters. The fourth-order valence-corrected chi connectivity index (χ4v) is 4.20. The monoisotopic (exact) mass is 391 g/mol. The Morgan fingerprint density at radius 1 is 1.21 bits per heavy atom. The molecule has 8 heteroatoms. The molecule has 1 N–H and O–H groups in total. The molecular weight excluding hydrogens is 358 g/mol. The molecule has 2 heterocycles. The maximum atomic E-state index is 12.6. The van der Waals surface area contributed by atoms with Crippen molar-refractivity contribution in [1.29, 1.82) is 0 Å². The predicted molar refractivity (Wildman–Crippen MR) is 106 cm³/mol.